The maximum absolute atomic E-state index is 5.87. The molecule has 0 aromatic heterocycles. The van der Waals surface area contributed by atoms with Gasteiger partial charge in [-0.05, 0) is 44.8 Å². The topological polar surface area (TPSA) is 44.5 Å². The fourth-order valence-corrected chi connectivity index (χ4v) is 5.33. The van der Waals surface area contributed by atoms with Gasteiger partial charge in [-0.25, -0.2) is 0 Å². The predicted octanol–water partition coefficient (Wildman–Crippen LogP) is 1.62. The normalized spacial score (nSPS) is 29.1. The van der Waals surface area contributed by atoms with Crippen LogP contribution in [0, 0.1) is 0 Å². The Labute approximate surface area is 81.8 Å². The second-order valence-corrected chi connectivity index (χ2v) is 6.94. The molecule has 78 valence electrons. The van der Waals surface area contributed by atoms with Gasteiger partial charge in [0.25, 0.3) is 0 Å². The molecule has 4 heteroatoms. The molecule has 13 heavy (non-hydrogen) atoms. The van der Waals surface area contributed by atoms with E-state index in [0.717, 1.165) is 32.2 Å². The molecule has 1 rings (SSSR count). The summed E-state index contributed by atoms with van der Waals surface area (Å²) in [7, 11) is -1.78. The zero-order valence-electron chi connectivity index (χ0n) is 8.55. The molecule has 1 unspecified atom stereocenters. The van der Waals surface area contributed by atoms with Crippen molar-refractivity contribution in [1.82, 2.24) is 0 Å². The van der Waals surface area contributed by atoms with Crippen LogP contribution >= 0.6 is 0 Å². The van der Waals surface area contributed by atoms with Gasteiger partial charge in [0.15, 0.2) is 0 Å². The minimum absolute atomic E-state index is 0.755. The molecule has 1 aliphatic rings. The lowest BCUT2D eigenvalue weighted by atomic mass is 10.4. The second-order valence-electron chi connectivity index (χ2n) is 3.54. The van der Waals surface area contributed by atoms with E-state index in [0.29, 0.717) is 0 Å². The molecular formula is C9H21NO2Si. The van der Waals surface area contributed by atoms with Gasteiger partial charge in [0.1, 0.15) is 0 Å². The molecule has 0 aliphatic carbocycles. The molecule has 0 aromatic rings. The largest absolute Gasteiger partial charge is 0.394 e. The molecule has 0 aromatic carbocycles. The highest BCUT2D eigenvalue weighted by atomic mass is 28.4. The lowest BCUT2D eigenvalue weighted by molar-refractivity contribution is 0.154. The minimum atomic E-state index is -1.78. The van der Waals surface area contributed by atoms with Crippen LogP contribution in [-0.2, 0) is 8.85 Å². The van der Waals surface area contributed by atoms with E-state index in [1.165, 1.54) is 18.9 Å². The SMILES string of the molecule is CCO[Si]1(CCCN)CCCCO1. The molecule has 3 nitrogen and oxygen atoms in total. The summed E-state index contributed by atoms with van der Waals surface area (Å²) in [5.74, 6) is 0. The molecule has 1 heterocycles. The van der Waals surface area contributed by atoms with Gasteiger partial charge in [-0.1, -0.05) is 0 Å². The summed E-state index contributed by atoms with van der Waals surface area (Å²) in [6.45, 7) is 4.49. The zero-order chi connectivity index (χ0) is 9.57. The Hall–Kier alpha value is 0.0969. The van der Waals surface area contributed by atoms with E-state index >= 15 is 0 Å². The maximum Gasteiger partial charge on any atom is 0.338 e. The van der Waals surface area contributed by atoms with Crippen LogP contribution < -0.4 is 5.73 Å². The highest BCUT2D eigenvalue weighted by Crippen LogP contribution is 2.27. The Balaban J connectivity index is 2.40. The molecule has 0 radical (unpaired) electrons. The van der Waals surface area contributed by atoms with Crippen molar-refractivity contribution in [2.75, 3.05) is 19.8 Å². The first-order valence-corrected chi connectivity index (χ1v) is 7.54. The lowest BCUT2D eigenvalue weighted by Crippen LogP contribution is -2.45. The number of hydrogen-bond donors (Lipinski definition) is 1. The first-order chi connectivity index (χ1) is 6.33. The second kappa shape index (κ2) is 5.75. The third-order valence-corrected chi connectivity index (χ3v) is 6.26. The van der Waals surface area contributed by atoms with Crippen LogP contribution in [0.5, 0.6) is 0 Å². The van der Waals surface area contributed by atoms with E-state index in [2.05, 4.69) is 6.92 Å². The van der Waals surface area contributed by atoms with Crippen LogP contribution in [0.4, 0.5) is 0 Å². The molecule has 0 amide bonds. The van der Waals surface area contributed by atoms with Crippen LogP contribution in [0.1, 0.15) is 26.2 Å². The molecule has 1 aliphatic heterocycles. The number of hydrogen-bond acceptors (Lipinski definition) is 3. The van der Waals surface area contributed by atoms with Crippen molar-refractivity contribution in [3.63, 3.8) is 0 Å². The summed E-state index contributed by atoms with van der Waals surface area (Å²) < 4.78 is 11.7. The van der Waals surface area contributed by atoms with Gasteiger partial charge in [0.05, 0.1) is 0 Å². The minimum Gasteiger partial charge on any atom is -0.394 e. The van der Waals surface area contributed by atoms with Crippen molar-refractivity contribution >= 4 is 8.56 Å². The first kappa shape index (κ1) is 11.2. The van der Waals surface area contributed by atoms with Crippen LogP contribution in [0.15, 0.2) is 0 Å². The van der Waals surface area contributed by atoms with Crippen molar-refractivity contribution in [3.05, 3.63) is 0 Å². The van der Waals surface area contributed by atoms with Gasteiger partial charge in [-0.15, -0.1) is 0 Å². The monoisotopic (exact) mass is 203 g/mol. The van der Waals surface area contributed by atoms with Crippen LogP contribution in [0.25, 0.3) is 0 Å². The highest BCUT2D eigenvalue weighted by molar-refractivity contribution is 6.67. The molecule has 1 atom stereocenters. The molecule has 1 saturated heterocycles. The number of nitrogens with two attached hydrogens (primary N) is 1. The average Bonchev–Trinajstić information content (AvgIpc) is 2.17. The van der Waals surface area contributed by atoms with Gasteiger partial charge >= 0.3 is 8.56 Å². The Kier molecular flexibility index (Phi) is 4.94. The zero-order valence-corrected chi connectivity index (χ0v) is 9.55. The van der Waals surface area contributed by atoms with Gasteiger partial charge in [0.2, 0.25) is 0 Å². The maximum atomic E-state index is 5.87. The van der Waals surface area contributed by atoms with Crippen LogP contribution in [0.2, 0.25) is 12.1 Å². The van der Waals surface area contributed by atoms with Crippen molar-refractivity contribution in [2.45, 2.75) is 38.3 Å². The van der Waals surface area contributed by atoms with E-state index < -0.39 is 8.56 Å². The van der Waals surface area contributed by atoms with Crippen molar-refractivity contribution < 1.29 is 8.85 Å². The van der Waals surface area contributed by atoms with Crippen molar-refractivity contribution in [1.29, 1.82) is 0 Å². The Morgan fingerprint density at radius 2 is 2.31 bits per heavy atom. The molecular weight excluding hydrogens is 182 g/mol. The molecule has 0 bridgehead atoms. The highest BCUT2D eigenvalue weighted by Gasteiger charge is 2.38. The van der Waals surface area contributed by atoms with E-state index in [9.17, 15) is 0 Å². The van der Waals surface area contributed by atoms with Gasteiger partial charge in [0, 0.05) is 13.2 Å². The van der Waals surface area contributed by atoms with E-state index in [-0.39, 0.29) is 0 Å². The Bertz CT molecular complexity index is 132. The Morgan fingerprint density at radius 1 is 1.46 bits per heavy atom. The predicted molar refractivity (Wildman–Crippen MR) is 55.9 cm³/mol. The van der Waals surface area contributed by atoms with Gasteiger partial charge in [-0.2, -0.15) is 0 Å². The van der Waals surface area contributed by atoms with Gasteiger partial charge < -0.3 is 14.6 Å². The molecule has 0 saturated carbocycles. The van der Waals surface area contributed by atoms with Crippen molar-refractivity contribution in [2.24, 2.45) is 5.73 Å². The fourth-order valence-electron chi connectivity index (χ4n) is 1.84. The van der Waals surface area contributed by atoms with Crippen molar-refractivity contribution in [3.8, 4) is 0 Å². The third kappa shape index (κ3) is 3.38. The summed E-state index contributed by atoms with van der Waals surface area (Å²) in [5.41, 5.74) is 5.51. The van der Waals surface area contributed by atoms with Crippen LogP contribution in [0.3, 0.4) is 0 Å². The smallest absolute Gasteiger partial charge is 0.338 e. The summed E-state index contributed by atoms with van der Waals surface area (Å²) in [4.78, 5) is 0. The van der Waals surface area contributed by atoms with E-state index in [1.807, 2.05) is 0 Å². The fraction of sp³-hybridized carbons (Fsp3) is 1.00. The third-order valence-electron chi connectivity index (χ3n) is 2.49. The van der Waals surface area contributed by atoms with E-state index in [4.69, 9.17) is 14.6 Å². The molecule has 0 spiro atoms. The summed E-state index contributed by atoms with van der Waals surface area (Å²) >= 11 is 0. The quantitative estimate of drug-likeness (QED) is 0.691. The first-order valence-electron chi connectivity index (χ1n) is 5.31. The van der Waals surface area contributed by atoms with Crippen LogP contribution in [-0.4, -0.2) is 28.3 Å². The van der Waals surface area contributed by atoms with Gasteiger partial charge in [-0.3, -0.25) is 0 Å². The number of rotatable bonds is 5. The average molecular weight is 203 g/mol. The lowest BCUT2D eigenvalue weighted by Gasteiger charge is -2.33. The Morgan fingerprint density at radius 3 is 2.85 bits per heavy atom. The summed E-state index contributed by atoms with van der Waals surface area (Å²) in [6, 6.07) is 2.25. The molecule has 2 N–H and O–H groups in total. The standard InChI is InChI=1S/C9H21NO2Si/c1-2-11-13(9-5-6-10)8-4-3-7-12-13/h2-10H2,1H3. The summed E-state index contributed by atoms with van der Waals surface area (Å²) in [6.07, 6.45) is 3.52. The summed E-state index contributed by atoms with van der Waals surface area (Å²) in [5, 5.41) is 0. The molecule has 1 fully saturated rings. The van der Waals surface area contributed by atoms with E-state index in [1.54, 1.807) is 0 Å².